The number of rotatable bonds is 3. The highest BCUT2D eigenvalue weighted by atomic mass is 32.2. The number of piperazine rings is 1. The van der Waals surface area contributed by atoms with E-state index in [1.807, 2.05) is 6.92 Å². The molecule has 1 aromatic carbocycles. The third kappa shape index (κ3) is 3.48. The minimum Gasteiger partial charge on any atom is -0.466 e. The van der Waals surface area contributed by atoms with Crippen LogP contribution in [0.25, 0.3) is 0 Å². The number of hydrogen-bond acceptors (Lipinski definition) is 4. The van der Waals surface area contributed by atoms with Crippen molar-refractivity contribution in [2.75, 3.05) is 26.2 Å². The van der Waals surface area contributed by atoms with E-state index < -0.39 is 10.0 Å². The van der Waals surface area contributed by atoms with Crippen LogP contribution in [0.5, 0.6) is 0 Å². The Kier molecular flexibility index (Phi) is 4.71. The van der Waals surface area contributed by atoms with Gasteiger partial charge in [0, 0.05) is 26.2 Å². The van der Waals surface area contributed by atoms with Gasteiger partial charge in [-0.15, -0.1) is 0 Å². The molecule has 0 radical (unpaired) electrons. The highest BCUT2D eigenvalue weighted by molar-refractivity contribution is 7.89. The molecular weight excluding hydrogens is 340 g/mol. The van der Waals surface area contributed by atoms with Crippen molar-refractivity contribution in [3.63, 3.8) is 0 Å². The molecule has 0 bridgehead atoms. The maximum atomic E-state index is 12.7. The lowest BCUT2D eigenvalue weighted by atomic mass is 10.2. The first-order chi connectivity index (χ1) is 11.8. The van der Waals surface area contributed by atoms with E-state index in [0.717, 1.165) is 5.56 Å². The van der Waals surface area contributed by atoms with Crippen molar-refractivity contribution in [1.82, 2.24) is 9.21 Å². The van der Waals surface area contributed by atoms with Crippen molar-refractivity contribution in [3.05, 3.63) is 53.0 Å². The fourth-order valence-electron chi connectivity index (χ4n) is 3.00. The molecule has 1 aliphatic rings. The van der Waals surface area contributed by atoms with Gasteiger partial charge >= 0.3 is 0 Å². The summed E-state index contributed by atoms with van der Waals surface area (Å²) < 4.78 is 32.3. The van der Waals surface area contributed by atoms with Crippen LogP contribution in [0.4, 0.5) is 0 Å². The maximum absolute atomic E-state index is 12.7. The van der Waals surface area contributed by atoms with Crippen molar-refractivity contribution >= 4 is 15.9 Å². The van der Waals surface area contributed by atoms with Gasteiger partial charge in [0.1, 0.15) is 11.5 Å². The van der Waals surface area contributed by atoms with Crippen LogP contribution in [-0.2, 0) is 10.0 Å². The molecule has 2 heterocycles. The molecule has 2 aromatic rings. The second-order valence-electron chi connectivity index (χ2n) is 6.34. The number of nitrogens with zero attached hydrogens (tertiary/aromatic N) is 2. The molecule has 0 N–H and O–H groups in total. The Morgan fingerprint density at radius 3 is 2.12 bits per heavy atom. The minimum absolute atomic E-state index is 0.110. The third-order valence-corrected chi connectivity index (χ3v) is 6.37. The topological polar surface area (TPSA) is 70.8 Å². The van der Waals surface area contributed by atoms with Gasteiger partial charge in [-0.1, -0.05) is 17.7 Å². The zero-order valence-electron chi connectivity index (χ0n) is 14.7. The van der Waals surface area contributed by atoms with Crippen LogP contribution in [0.15, 0.2) is 39.6 Å². The Labute approximate surface area is 148 Å². The van der Waals surface area contributed by atoms with Crippen LogP contribution in [0.2, 0.25) is 0 Å². The van der Waals surface area contributed by atoms with Gasteiger partial charge in [-0.25, -0.2) is 8.42 Å². The molecule has 0 spiro atoms. The molecule has 0 unspecified atom stereocenters. The molecule has 6 nitrogen and oxygen atoms in total. The molecule has 0 atom stereocenters. The van der Waals surface area contributed by atoms with Gasteiger partial charge in [0.25, 0.3) is 5.91 Å². The number of carbonyl (C=O) groups is 1. The van der Waals surface area contributed by atoms with Gasteiger partial charge in [-0.3, -0.25) is 4.79 Å². The quantitative estimate of drug-likeness (QED) is 0.840. The summed E-state index contributed by atoms with van der Waals surface area (Å²) in [6.45, 7) is 6.80. The number of furan rings is 1. The molecule has 134 valence electrons. The first-order valence-corrected chi connectivity index (χ1v) is 9.66. The van der Waals surface area contributed by atoms with Gasteiger partial charge in [-0.2, -0.15) is 4.31 Å². The Bertz CT molecular complexity index is 876. The van der Waals surface area contributed by atoms with E-state index >= 15 is 0 Å². The van der Waals surface area contributed by atoms with Crippen LogP contribution < -0.4 is 0 Å². The second kappa shape index (κ2) is 6.65. The lowest BCUT2D eigenvalue weighted by Gasteiger charge is -2.34. The summed E-state index contributed by atoms with van der Waals surface area (Å²) in [6.07, 6.45) is 0. The Morgan fingerprint density at radius 1 is 1.00 bits per heavy atom. The van der Waals surface area contributed by atoms with Crippen molar-refractivity contribution in [3.8, 4) is 0 Å². The number of sulfonamides is 1. The smallest absolute Gasteiger partial charge is 0.257 e. The van der Waals surface area contributed by atoms with E-state index in [1.165, 1.54) is 4.31 Å². The SMILES string of the molecule is Cc1ccc(S(=O)(=O)N2CCN(C(=O)c3cc(C)oc3C)CC2)cc1. The summed E-state index contributed by atoms with van der Waals surface area (Å²) >= 11 is 0. The van der Waals surface area contributed by atoms with E-state index in [-0.39, 0.29) is 19.0 Å². The number of aryl methyl sites for hydroxylation is 3. The highest BCUT2D eigenvalue weighted by Crippen LogP contribution is 2.21. The van der Waals surface area contributed by atoms with Gasteiger partial charge in [0.15, 0.2) is 0 Å². The molecule has 0 aliphatic carbocycles. The highest BCUT2D eigenvalue weighted by Gasteiger charge is 2.31. The number of amides is 1. The lowest BCUT2D eigenvalue weighted by Crippen LogP contribution is -2.50. The summed E-state index contributed by atoms with van der Waals surface area (Å²) in [6, 6.07) is 8.56. The summed E-state index contributed by atoms with van der Waals surface area (Å²) in [5, 5.41) is 0. The minimum atomic E-state index is -3.52. The molecule has 1 aliphatic heterocycles. The van der Waals surface area contributed by atoms with Gasteiger partial charge in [-0.05, 0) is 39.0 Å². The summed E-state index contributed by atoms with van der Waals surface area (Å²) in [7, 11) is -3.52. The average Bonchev–Trinajstić information content (AvgIpc) is 2.93. The van der Waals surface area contributed by atoms with Crippen molar-refractivity contribution in [2.24, 2.45) is 0 Å². The van der Waals surface area contributed by atoms with E-state index in [1.54, 1.807) is 49.1 Å². The van der Waals surface area contributed by atoms with Crippen LogP contribution in [0.1, 0.15) is 27.4 Å². The second-order valence-corrected chi connectivity index (χ2v) is 8.27. The van der Waals surface area contributed by atoms with Crippen molar-refractivity contribution in [1.29, 1.82) is 0 Å². The van der Waals surface area contributed by atoms with E-state index in [0.29, 0.717) is 35.1 Å². The van der Waals surface area contributed by atoms with Crippen LogP contribution in [0.3, 0.4) is 0 Å². The predicted molar refractivity (Wildman–Crippen MR) is 94.0 cm³/mol. The van der Waals surface area contributed by atoms with Gasteiger partial charge in [0.05, 0.1) is 10.5 Å². The number of carbonyl (C=O) groups excluding carboxylic acids is 1. The van der Waals surface area contributed by atoms with Gasteiger partial charge < -0.3 is 9.32 Å². The number of benzene rings is 1. The summed E-state index contributed by atoms with van der Waals surface area (Å²) in [5.74, 6) is 1.18. The fraction of sp³-hybridized carbons (Fsp3) is 0.389. The Hall–Kier alpha value is -2.12. The molecular formula is C18H22N2O4S. The molecule has 25 heavy (non-hydrogen) atoms. The zero-order chi connectivity index (χ0) is 18.2. The molecule has 1 saturated heterocycles. The molecule has 1 aromatic heterocycles. The monoisotopic (exact) mass is 362 g/mol. The summed E-state index contributed by atoms with van der Waals surface area (Å²) in [4.78, 5) is 14.6. The predicted octanol–water partition coefficient (Wildman–Crippen LogP) is 2.35. The molecule has 1 fully saturated rings. The molecule has 7 heteroatoms. The Balaban J connectivity index is 1.70. The normalized spacial score (nSPS) is 16.2. The fourth-order valence-corrected chi connectivity index (χ4v) is 4.43. The molecule has 0 saturated carbocycles. The largest absolute Gasteiger partial charge is 0.466 e. The Morgan fingerprint density at radius 2 is 1.60 bits per heavy atom. The molecule has 1 amide bonds. The first kappa shape index (κ1) is 17.7. The first-order valence-electron chi connectivity index (χ1n) is 8.22. The van der Waals surface area contributed by atoms with Crippen molar-refractivity contribution < 1.29 is 17.6 Å². The summed E-state index contributed by atoms with van der Waals surface area (Å²) in [5.41, 5.74) is 1.56. The van der Waals surface area contributed by atoms with E-state index in [4.69, 9.17) is 4.42 Å². The van der Waals surface area contributed by atoms with Crippen LogP contribution in [0, 0.1) is 20.8 Å². The van der Waals surface area contributed by atoms with Gasteiger partial charge in [0.2, 0.25) is 10.0 Å². The van der Waals surface area contributed by atoms with Crippen LogP contribution >= 0.6 is 0 Å². The van der Waals surface area contributed by atoms with Crippen molar-refractivity contribution in [2.45, 2.75) is 25.7 Å². The number of hydrogen-bond donors (Lipinski definition) is 0. The lowest BCUT2D eigenvalue weighted by molar-refractivity contribution is 0.0696. The van der Waals surface area contributed by atoms with E-state index in [9.17, 15) is 13.2 Å². The standard InChI is InChI=1S/C18H22N2O4S/c1-13-4-6-16(7-5-13)25(22,23)20-10-8-19(9-11-20)18(21)17-12-14(2)24-15(17)3/h4-7,12H,8-11H2,1-3H3. The van der Waals surface area contributed by atoms with Crippen LogP contribution in [-0.4, -0.2) is 49.7 Å². The maximum Gasteiger partial charge on any atom is 0.257 e. The molecule has 3 rings (SSSR count). The average molecular weight is 362 g/mol. The zero-order valence-corrected chi connectivity index (χ0v) is 15.5. The third-order valence-electron chi connectivity index (χ3n) is 4.46. The van der Waals surface area contributed by atoms with E-state index in [2.05, 4.69) is 0 Å².